The Morgan fingerprint density at radius 3 is 2.12 bits per heavy atom. The van der Waals surface area contributed by atoms with Gasteiger partial charge in [-0.1, -0.05) is 13.8 Å². The number of hydrogen-bond acceptors (Lipinski definition) is 1. The van der Waals surface area contributed by atoms with Crippen molar-refractivity contribution in [2.24, 2.45) is 7.05 Å². The summed E-state index contributed by atoms with van der Waals surface area (Å²) in [5.41, 5.74) is 0. The smallest absolute Gasteiger partial charge is 0.219 e. The van der Waals surface area contributed by atoms with Crippen molar-refractivity contribution in [3.05, 3.63) is 18.5 Å². The van der Waals surface area contributed by atoms with Crippen LogP contribution in [0.1, 0.15) is 13.8 Å². The predicted molar refractivity (Wildman–Crippen MR) is 31.2 cm³/mol. The molecule has 0 fully saturated rings. The third kappa shape index (κ3) is 2.39. The lowest BCUT2D eigenvalue weighted by molar-refractivity contribution is -0.845. The first-order valence-electron chi connectivity index (χ1n) is 2.79. The van der Waals surface area contributed by atoms with Crippen molar-refractivity contribution in [1.82, 2.24) is 0 Å². The normalized spacial score (nSPS) is 7.38. The second kappa shape index (κ2) is 4.37. The van der Waals surface area contributed by atoms with Crippen LogP contribution in [0, 0.1) is 0 Å². The van der Waals surface area contributed by atoms with Crippen molar-refractivity contribution in [1.29, 1.82) is 0 Å². The Bertz CT molecular complexity index is 112. The van der Waals surface area contributed by atoms with Gasteiger partial charge in [-0.15, -0.1) is 0 Å². The van der Waals surface area contributed by atoms with E-state index in [0.29, 0.717) is 0 Å². The van der Waals surface area contributed by atoms with Crippen LogP contribution in [-0.4, -0.2) is 0 Å². The van der Waals surface area contributed by atoms with Crippen molar-refractivity contribution in [3.63, 3.8) is 0 Å². The summed E-state index contributed by atoms with van der Waals surface area (Å²) in [5.74, 6) is 0. The van der Waals surface area contributed by atoms with Gasteiger partial charge in [0.1, 0.15) is 0 Å². The highest BCUT2D eigenvalue weighted by Crippen LogP contribution is 1.69. The number of aromatic nitrogens is 1. The zero-order valence-electron chi connectivity index (χ0n) is 5.59. The Balaban J connectivity index is 0.000000222. The van der Waals surface area contributed by atoms with E-state index in [1.54, 1.807) is 11.0 Å². The molecule has 8 heavy (non-hydrogen) atoms. The Hall–Kier alpha value is -0.790. The molecule has 1 rings (SSSR count). The first-order valence-corrected chi connectivity index (χ1v) is 2.79. The highest BCUT2D eigenvalue weighted by atomic mass is 16.5. The summed E-state index contributed by atoms with van der Waals surface area (Å²) in [6, 6.07) is 1.83. The Kier molecular flexibility index (Phi) is 3.94. The molecule has 0 amide bonds. The van der Waals surface area contributed by atoms with E-state index in [0.717, 1.165) is 0 Å². The van der Waals surface area contributed by atoms with Crippen molar-refractivity contribution in [2.75, 3.05) is 0 Å². The summed E-state index contributed by atoms with van der Waals surface area (Å²) in [6.07, 6.45) is 3.46. The van der Waals surface area contributed by atoms with Crippen LogP contribution in [-0.2, 0) is 7.05 Å². The van der Waals surface area contributed by atoms with Gasteiger partial charge in [0.2, 0.25) is 6.20 Å². The summed E-state index contributed by atoms with van der Waals surface area (Å²) in [4.78, 5) is 0. The van der Waals surface area contributed by atoms with Crippen molar-refractivity contribution >= 4 is 0 Å². The summed E-state index contributed by atoms with van der Waals surface area (Å²) < 4.78 is 6.38. The Morgan fingerprint density at radius 1 is 1.38 bits per heavy atom. The molecule has 0 aliphatic heterocycles. The first-order chi connectivity index (χ1) is 3.89. The van der Waals surface area contributed by atoms with Gasteiger partial charge in [-0.05, 0) is 4.74 Å². The average molecular weight is 114 g/mol. The van der Waals surface area contributed by atoms with E-state index >= 15 is 0 Å². The third-order valence-corrected chi connectivity index (χ3v) is 0.602. The lowest BCUT2D eigenvalue weighted by Crippen LogP contribution is -2.22. The van der Waals surface area contributed by atoms with Gasteiger partial charge in [-0.25, -0.2) is 4.52 Å². The highest BCUT2D eigenvalue weighted by molar-refractivity contribution is 4.62. The van der Waals surface area contributed by atoms with Crippen LogP contribution in [0.15, 0.2) is 23.0 Å². The largest absolute Gasteiger partial charge is 0.245 e. The summed E-state index contributed by atoms with van der Waals surface area (Å²) in [5, 5.41) is 0. The van der Waals surface area contributed by atoms with Crippen LogP contribution >= 0.6 is 0 Å². The molecule has 1 aromatic heterocycles. The van der Waals surface area contributed by atoms with Crippen LogP contribution in [0.2, 0.25) is 0 Å². The molecule has 2 heteroatoms. The fourth-order valence-electron chi connectivity index (χ4n) is 0.323. The van der Waals surface area contributed by atoms with Gasteiger partial charge in [0.25, 0.3) is 0 Å². The van der Waals surface area contributed by atoms with Crippen LogP contribution in [0.5, 0.6) is 0 Å². The molecule has 1 heterocycles. The number of nitrogens with zero attached hydrogens (tertiary/aromatic N) is 1. The molecule has 0 aromatic carbocycles. The maximum atomic E-state index is 4.75. The van der Waals surface area contributed by atoms with Gasteiger partial charge in [0.15, 0.2) is 13.3 Å². The van der Waals surface area contributed by atoms with E-state index in [1.165, 1.54) is 0 Å². The molecule has 0 aliphatic carbocycles. The fourth-order valence-corrected chi connectivity index (χ4v) is 0.323. The molecule has 0 unspecified atom stereocenters. The second-order valence-electron chi connectivity index (χ2n) is 1.13. The van der Waals surface area contributed by atoms with Gasteiger partial charge < -0.3 is 0 Å². The van der Waals surface area contributed by atoms with Gasteiger partial charge >= 0.3 is 0 Å². The zero-order valence-corrected chi connectivity index (χ0v) is 5.59. The predicted octanol–water partition coefficient (Wildman–Crippen LogP) is 1.13. The van der Waals surface area contributed by atoms with Crippen LogP contribution < -0.4 is 4.74 Å². The van der Waals surface area contributed by atoms with Crippen LogP contribution in [0.25, 0.3) is 0 Å². The van der Waals surface area contributed by atoms with E-state index in [9.17, 15) is 0 Å². The van der Waals surface area contributed by atoms with Crippen molar-refractivity contribution < 1.29 is 9.26 Å². The minimum Gasteiger partial charge on any atom is -0.245 e. The van der Waals surface area contributed by atoms with E-state index in [1.807, 2.05) is 33.2 Å². The van der Waals surface area contributed by atoms with Gasteiger partial charge in [0.05, 0.1) is 0 Å². The van der Waals surface area contributed by atoms with Gasteiger partial charge in [-0.2, -0.15) is 0 Å². The molecule has 0 spiro atoms. The van der Waals surface area contributed by atoms with Crippen molar-refractivity contribution in [3.8, 4) is 0 Å². The van der Waals surface area contributed by atoms with E-state index in [4.69, 9.17) is 4.52 Å². The maximum Gasteiger partial charge on any atom is 0.219 e. The Labute approximate surface area is 49.7 Å². The highest BCUT2D eigenvalue weighted by Gasteiger charge is 1.83. The molecule has 0 bridgehead atoms. The average Bonchev–Trinajstić information content (AvgIpc) is 2.24. The summed E-state index contributed by atoms with van der Waals surface area (Å²) in [7, 11) is 1.83. The van der Waals surface area contributed by atoms with Crippen LogP contribution in [0.4, 0.5) is 0 Å². The number of hydrogen-bond donors (Lipinski definition) is 0. The molecule has 46 valence electrons. The maximum absolute atomic E-state index is 4.75. The molecule has 0 radical (unpaired) electrons. The lowest BCUT2D eigenvalue weighted by Gasteiger charge is -1.61. The molecule has 0 N–H and O–H groups in total. The van der Waals surface area contributed by atoms with E-state index in [2.05, 4.69) is 0 Å². The molecule has 0 saturated heterocycles. The first kappa shape index (κ1) is 7.21. The molecule has 0 aliphatic rings. The minimum absolute atomic E-state index is 1.62. The number of aryl methyl sites for hydroxylation is 1. The topological polar surface area (TPSA) is 17.0 Å². The molecular formula is C6H12NO+. The van der Waals surface area contributed by atoms with Gasteiger partial charge in [0, 0.05) is 6.07 Å². The third-order valence-electron chi connectivity index (χ3n) is 0.602. The minimum atomic E-state index is 1.62. The molecule has 2 nitrogen and oxygen atoms in total. The SMILES string of the molecule is CC.C[n+]1ccco1. The van der Waals surface area contributed by atoms with Crippen molar-refractivity contribution in [2.45, 2.75) is 13.8 Å². The van der Waals surface area contributed by atoms with Gasteiger partial charge in [-0.3, -0.25) is 0 Å². The zero-order chi connectivity index (χ0) is 6.41. The fraction of sp³-hybridized carbons (Fsp3) is 0.500. The quantitative estimate of drug-likeness (QED) is 0.462. The molecule has 1 aromatic rings. The lowest BCUT2D eigenvalue weighted by atomic mass is 10.8. The number of rotatable bonds is 0. The standard InChI is InChI=1S/C4H6NO.C2H6/c1-5-3-2-4-6-5;1-2/h2-4H,1H3;1-2H3/q+1;. The summed E-state index contributed by atoms with van der Waals surface area (Å²) >= 11 is 0. The van der Waals surface area contributed by atoms with E-state index < -0.39 is 0 Å². The van der Waals surface area contributed by atoms with Crippen LogP contribution in [0.3, 0.4) is 0 Å². The van der Waals surface area contributed by atoms with E-state index in [-0.39, 0.29) is 0 Å². The molecule has 0 atom stereocenters. The summed E-state index contributed by atoms with van der Waals surface area (Å²) in [6.45, 7) is 4.00. The second-order valence-corrected chi connectivity index (χ2v) is 1.13. The molecule has 0 saturated carbocycles. The molecular weight excluding hydrogens is 102 g/mol. The Morgan fingerprint density at radius 2 is 2.00 bits per heavy atom. The monoisotopic (exact) mass is 114 g/mol.